The Balaban J connectivity index is 1.55. The minimum atomic E-state index is -0.182. The minimum Gasteiger partial charge on any atom is -0.352 e. The van der Waals surface area contributed by atoms with Gasteiger partial charge in [0.05, 0.1) is 5.56 Å². The SMILES string of the molecule is O=C(NCCCN1CCCC1=O)c1ccccc1-c1nn[nH]n1. The number of tetrazole rings is 1. The molecule has 1 aliphatic rings. The molecule has 8 heteroatoms. The van der Waals surface area contributed by atoms with E-state index in [9.17, 15) is 9.59 Å². The second-order valence-electron chi connectivity index (χ2n) is 5.37. The van der Waals surface area contributed by atoms with Gasteiger partial charge in [-0.05, 0) is 24.1 Å². The van der Waals surface area contributed by atoms with Gasteiger partial charge in [-0.1, -0.05) is 18.2 Å². The maximum atomic E-state index is 12.3. The first-order chi connectivity index (χ1) is 11.3. The van der Waals surface area contributed by atoms with Gasteiger partial charge in [-0.25, -0.2) is 0 Å². The van der Waals surface area contributed by atoms with E-state index in [0.29, 0.717) is 36.5 Å². The first kappa shape index (κ1) is 15.1. The van der Waals surface area contributed by atoms with Crippen LogP contribution in [-0.4, -0.2) is 57.0 Å². The number of aromatic amines is 1. The average Bonchev–Trinajstić information content (AvgIpc) is 3.23. The van der Waals surface area contributed by atoms with Crippen LogP contribution in [0.2, 0.25) is 0 Å². The van der Waals surface area contributed by atoms with Gasteiger partial charge in [0, 0.05) is 31.6 Å². The Morgan fingerprint density at radius 2 is 2.22 bits per heavy atom. The maximum absolute atomic E-state index is 12.3. The van der Waals surface area contributed by atoms with Crippen LogP contribution in [0, 0.1) is 0 Å². The fourth-order valence-electron chi connectivity index (χ4n) is 2.66. The lowest BCUT2D eigenvalue weighted by atomic mass is 10.1. The van der Waals surface area contributed by atoms with Crippen LogP contribution >= 0.6 is 0 Å². The highest BCUT2D eigenvalue weighted by molar-refractivity contribution is 6.00. The summed E-state index contributed by atoms with van der Waals surface area (Å²) in [4.78, 5) is 25.7. The van der Waals surface area contributed by atoms with Crippen molar-refractivity contribution >= 4 is 11.8 Å². The summed E-state index contributed by atoms with van der Waals surface area (Å²) in [7, 11) is 0. The fraction of sp³-hybridized carbons (Fsp3) is 0.400. The van der Waals surface area contributed by atoms with Gasteiger partial charge in [-0.2, -0.15) is 5.21 Å². The van der Waals surface area contributed by atoms with Crippen LogP contribution in [0.15, 0.2) is 24.3 Å². The summed E-state index contributed by atoms with van der Waals surface area (Å²) < 4.78 is 0. The summed E-state index contributed by atoms with van der Waals surface area (Å²) in [6.45, 7) is 2.03. The average molecular weight is 314 g/mol. The van der Waals surface area contributed by atoms with Crippen molar-refractivity contribution in [2.75, 3.05) is 19.6 Å². The van der Waals surface area contributed by atoms with E-state index in [0.717, 1.165) is 19.4 Å². The van der Waals surface area contributed by atoms with Crippen molar-refractivity contribution < 1.29 is 9.59 Å². The van der Waals surface area contributed by atoms with Crippen LogP contribution in [0.25, 0.3) is 11.4 Å². The summed E-state index contributed by atoms with van der Waals surface area (Å²) >= 11 is 0. The Hall–Kier alpha value is -2.77. The largest absolute Gasteiger partial charge is 0.352 e. The highest BCUT2D eigenvalue weighted by Crippen LogP contribution is 2.18. The molecule has 0 bridgehead atoms. The Bertz CT molecular complexity index is 685. The van der Waals surface area contributed by atoms with E-state index in [1.54, 1.807) is 18.2 Å². The van der Waals surface area contributed by atoms with Gasteiger partial charge < -0.3 is 10.2 Å². The van der Waals surface area contributed by atoms with Gasteiger partial charge in [0.1, 0.15) is 0 Å². The van der Waals surface area contributed by atoms with Gasteiger partial charge in [-0.15, -0.1) is 10.2 Å². The Morgan fingerprint density at radius 3 is 2.96 bits per heavy atom. The number of carbonyl (C=O) groups excluding carboxylic acids is 2. The van der Waals surface area contributed by atoms with E-state index < -0.39 is 0 Å². The van der Waals surface area contributed by atoms with Gasteiger partial charge >= 0.3 is 0 Å². The number of rotatable bonds is 6. The molecule has 2 N–H and O–H groups in total. The Morgan fingerprint density at radius 1 is 1.35 bits per heavy atom. The molecule has 0 radical (unpaired) electrons. The molecule has 2 aromatic rings. The van der Waals surface area contributed by atoms with Gasteiger partial charge in [-0.3, -0.25) is 9.59 Å². The number of nitrogens with zero attached hydrogens (tertiary/aromatic N) is 4. The number of amides is 2. The van der Waals surface area contributed by atoms with Gasteiger partial charge in [0.15, 0.2) is 0 Å². The monoisotopic (exact) mass is 314 g/mol. The zero-order chi connectivity index (χ0) is 16.1. The lowest BCUT2D eigenvalue weighted by Crippen LogP contribution is -2.30. The minimum absolute atomic E-state index is 0.182. The van der Waals surface area contributed by atoms with Crippen LogP contribution in [0.4, 0.5) is 0 Å². The number of hydrogen-bond donors (Lipinski definition) is 2. The number of carbonyl (C=O) groups is 2. The van der Waals surface area contributed by atoms with E-state index in [1.807, 2.05) is 11.0 Å². The zero-order valence-corrected chi connectivity index (χ0v) is 12.7. The van der Waals surface area contributed by atoms with Crippen LogP contribution in [-0.2, 0) is 4.79 Å². The molecule has 0 spiro atoms. The molecule has 1 aromatic heterocycles. The van der Waals surface area contributed by atoms with Gasteiger partial charge in [0.25, 0.3) is 5.91 Å². The van der Waals surface area contributed by atoms with E-state index in [4.69, 9.17) is 0 Å². The molecule has 1 aromatic carbocycles. The van der Waals surface area contributed by atoms with Crippen LogP contribution in [0.5, 0.6) is 0 Å². The Labute approximate surface area is 133 Å². The van der Waals surface area contributed by atoms with Gasteiger partial charge in [0.2, 0.25) is 11.7 Å². The second kappa shape index (κ2) is 6.99. The highest BCUT2D eigenvalue weighted by Gasteiger charge is 2.19. The molecule has 2 heterocycles. The maximum Gasteiger partial charge on any atom is 0.252 e. The Kier molecular flexibility index (Phi) is 4.60. The normalized spacial score (nSPS) is 14.3. The quantitative estimate of drug-likeness (QED) is 0.760. The lowest BCUT2D eigenvalue weighted by molar-refractivity contribution is -0.127. The smallest absolute Gasteiger partial charge is 0.252 e. The molecule has 8 nitrogen and oxygen atoms in total. The predicted octanol–water partition coefficient (Wildman–Crippen LogP) is 0.609. The summed E-state index contributed by atoms with van der Waals surface area (Å²) in [5.41, 5.74) is 1.14. The molecule has 1 saturated heterocycles. The standard InChI is InChI=1S/C15H18N6O2/c22-13-7-3-9-21(13)10-4-8-16-15(23)12-6-2-1-5-11(12)14-17-19-20-18-14/h1-2,5-6H,3-4,7-10H2,(H,16,23)(H,17,18,19,20). The topological polar surface area (TPSA) is 104 Å². The zero-order valence-electron chi connectivity index (χ0n) is 12.7. The van der Waals surface area contributed by atoms with Crippen molar-refractivity contribution in [2.24, 2.45) is 0 Å². The van der Waals surface area contributed by atoms with Crippen molar-refractivity contribution in [3.8, 4) is 11.4 Å². The third kappa shape index (κ3) is 3.53. The summed E-state index contributed by atoms with van der Waals surface area (Å²) in [6.07, 6.45) is 2.32. The molecule has 23 heavy (non-hydrogen) atoms. The van der Waals surface area contributed by atoms with Crippen molar-refractivity contribution in [2.45, 2.75) is 19.3 Å². The van der Waals surface area contributed by atoms with Crippen molar-refractivity contribution in [3.63, 3.8) is 0 Å². The summed E-state index contributed by atoms with van der Waals surface area (Å²) in [5.74, 6) is 0.412. The van der Waals surface area contributed by atoms with Crippen molar-refractivity contribution in [3.05, 3.63) is 29.8 Å². The highest BCUT2D eigenvalue weighted by atomic mass is 16.2. The molecule has 0 atom stereocenters. The number of likely N-dealkylation sites (tertiary alicyclic amines) is 1. The summed E-state index contributed by atoms with van der Waals surface area (Å²) in [5, 5.41) is 16.6. The second-order valence-corrected chi connectivity index (χ2v) is 5.37. The number of H-pyrrole nitrogens is 1. The first-order valence-electron chi connectivity index (χ1n) is 7.64. The number of hydrogen-bond acceptors (Lipinski definition) is 5. The molecule has 120 valence electrons. The molecule has 1 fully saturated rings. The molecular formula is C15H18N6O2. The number of nitrogens with one attached hydrogen (secondary N) is 2. The summed E-state index contributed by atoms with van der Waals surface area (Å²) in [6, 6.07) is 7.12. The molecule has 0 saturated carbocycles. The molecule has 3 rings (SSSR count). The van der Waals surface area contributed by atoms with E-state index >= 15 is 0 Å². The van der Waals surface area contributed by atoms with Crippen LogP contribution in [0.3, 0.4) is 0 Å². The lowest BCUT2D eigenvalue weighted by Gasteiger charge is -2.15. The van der Waals surface area contributed by atoms with Crippen LogP contribution in [0.1, 0.15) is 29.6 Å². The number of aromatic nitrogens is 4. The molecule has 1 aliphatic heterocycles. The van der Waals surface area contributed by atoms with E-state index in [1.165, 1.54) is 0 Å². The molecule has 0 aliphatic carbocycles. The van der Waals surface area contributed by atoms with E-state index in [-0.39, 0.29) is 11.8 Å². The predicted molar refractivity (Wildman–Crippen MR) is 82.4 cm³/mol. The molecular weight excluding hydrogens is 296 g/mol. The fourth-order valence-corrected chi connectivity index (χ4v) is 2.66. The third-order valence-corrected chi connectivity index (χ3v) is 3.82. The number of benzene rings is 1. The van der Waals surface area contributed by atoms with Crippen LogP contribution < -0.4 is 5.32 Å². The molecule has 0 unspecified atom stereocenters. The van der Waals surface area contributed by atoms with Crippen molar-refractivity contribution in [1.29, 1.82) is 0 Å². The van der Waals surface area contributed by atoms with E-state index in [2.05, 4.69) is 25.9 Å². The molecule has 2 amide bonds. The van der Waals surface area contributed by atoms with Crippen molar-refractivity contribution in [1.82, 2.24) is 30.8 Å². The first-order valence-corrected chi connectivity index (χ1v) is 7.64. The third-order valence-electron chi connectivity index (χ3n) is 3.82.